The highest BCUT2D eigenvalue weighted by Gasteiger charge is 2.37. The molecule has 0 spiro atoms. The lowest BCUT2D eigenvalue weighted by atomic mass is 9.82. The second-order valence-corrected chi connectivity index (χ2v) is 7.44. The molecule has 1 saturated carbocycles. The van der Waals surface area contributed by atoms with Crippen molar-refractivity contribution in [3.63, 3.8) is 0 Å². The SMILES string of the molecule is Cc1ccccc1SC1CCCC(C#N)(NC(C)C)C1. The molecule has 0 saturated heterocycles. The maximum atomic E-state index is 9.61. The molecule has 2 nitrogen and oxygen atoms in total. The predicted molar refractivity (Wildman–Crippen MR) is 85.9 cm³/mol. The maximum absolute atomic E-state index is 9.61. The number of hydrogen-bond donors (Lipinski definition) is 1. The van der Waals surface area contributed by atoms with E-state index in [0.29, 0.717) is 11.3 Å². The van der Waals surface area contributed by atoms with Gasteiger partial charge in [0.05, 0.1) is 6.07 Å². The Morgan fingerprint density at radius 2 is 2.15 bits per heavy atom. The Hall–Kier alpha value is -0.980. The molecule has 20 heavy (non-hydrogen) atoms. The lowest BCUT2D eigenvalue weighted by Crippen LogP contribution is -2.51. The van der Waals surface area contributed by atoms with Crippen molar-refractivity contribution in [3.8, 4) is 6.07 Å². The van der Waals surface area contributed by atoms with Gasteiger partial charge in [-0.1, -0.05) is 18.2 Å². The van der Waals surface area contributed by atoms with Crippen LogP contribution < -0.4 is 5.32 Å². The van der Waals surface area contributed by atoms with E-state index in [9.17, 15) is 5.26 Å². The third-order valence-corrected chi connectivity index (χ3v) is 5.32. The van der Waals surface area contributed by atoms with Crippen molar-refractivity contribution in [1.82, 2.24) is 5.32 Å². The van der Waals surface area contributed by atoms with Crippen LogP contribution in [0.5, 0.6) is 0 Å². The minimum Gasteiger partial charge on any atom is -0.297 e. The molecule has 3 heteroatoms. The molecule has 0 amide bonds. The normalized spacial score (nSPS) is 26.4. The fourth-order valence-corrected chi connectivity index (χ4v) is 4.43. The Labute approximate surface area is 127 Å². The van der Waals surface area contributed by atoms with E-state index < -0.39 is 0 Å². The van der Waals surface area contributed by atoms with Crippen LogP contribution in [0.4, 0.5) is 0 Å². The molecule has 0 aliphatic heterocycles. The molecular weight excluding hydrogens is 264 g/mol. The van der Waals surface area contributed by atoms with Gasteiger partial charge in [0.15, 0.2) is 0 Å². The minimum atomic E-state index is -0.327. The van der Waals surface area contributed by atoms with Gasteiger partial charge in [-0.15, -0.1) is 11.8 Å². The van der Waals surface area contributed by atoms with E-state index in [-0.39, 0.29) is 5.54 Å². The number of hydrogen-bond acceptors (Lipinski definition) is 3. The van der Waals surface area contributed by atoms with Crippen molar-refractivity contribution in [2.24, 2.45) is 0 Å². The second kappa shape index (κ2) is 6.65. The zero-order valence-electron chi connectivity index (χ0n) is 12.6. The summed E-state index contributed by atoms with van der Waals surface area (Å²) in [5.74, 6) is 0. The first-order valence-corrected chi connectivity index (χ1v) is 8.34. The molecule has 2 rings (SSSR count). The quantitative estimate of drug-likeness (QED) is 0.897. The number of nitriles is 1. The molecular formula is C17H24N2S. The van der Waals surface area contributed by atoms with Gasteiger partial charge in [-0.05, 0) is 58.1 Å². The van der Waals surface area contributed by atoms with Crippen LogP contribution >= 0.6 is 11.8 Å². The molecule has 2 atom stereocenters. The van der Waals surface area contributed by atoms with Crippen LogP contribution in [0, 0.1) is 18.3 Å². The van der Waals surface area contributed by atoms with Gasteiger partial charge >= 0.3 is 0 Å². The highest BCUT2D eigenvalue weighted by Crippen LogP contribution is 2.39. The highest BCUT2D eigenvalue weighted by molar-refractivity contribution is 8.00. The summed E-state index contributed by atoms with van der Waals surface area (Å²) in [6.45, 7) is 6.41. The first-order valence-electron chi connectivity index (χ1n) is 7.46. The number of aryl methyl sites for hydroxylation is 1. The van der Waals surface area contributed by atoms with E-state index in [2.05, 4.69) is 56.4 Å². The standard InChI is InChI=1S/C17H24N2S/c1-13(2)19-17(12-18)10-6-8-15(11-17)20-16-9-5-4-7-14(16)3/h4-5,7,9,13,15,19H,6,8,10-11H2,1-3H3. The summed E-state index contributed by atoms with van der Waals surface area (Å²) in [6.07, 6.45) is 4.27. The fraction of sp³-hybridized carbons (Fsp3) is 0.588. The van der Waals surface area contributed by atoms with Gasteiger partial charge in [0.25, 0.3) is 0 Å². The molecule has 1 aliphatic carbocycles. The van der Waals surface area contributed by atoms with Crippen molar-refractivity contribution in [2.45, 2.75) is 68.2 Å². The van der Waals surface area contributed by atoms with E-state index in [4.69, 9.17) is 0 Å². The summed E-state index contributed by atoms with van der Waals surface area (Å²) in [6, 6.07) is 11.5. The molecule has 1 aromatic rings. The van der Waals surface area contributed by atoms with Crippen molar-refractivity contribution in [2.75, 3.05) is 0 Å². The third-order valence-electron chi connectivity index (χ3n) is 3.87. The molecule has 1 aromatic carbocycles. The highest BCUT2D eigenvalue weighted by atomic mass is 32.2. The first kappa shape index (κ1) is 15.4. The number of thioether (sulfide) groups is 1. The van der Waals surface area contributed by atoms with Crippen molar-refractivity contribution >= 4 is 11.8 Å². The van der Waals surface area contributed by atoms with Crippen LogP contribution in [0.25, 0.3) is 0 Å². The van der Waals surface area contributed by atoms with Gasteiger partial charge in [0.2, 0.25) is 0 Å². The Bertz CT molecular complexity index is 492. The van der Waals surface area contributed by atoms with Gasteiger partial charge in [-0.3, -0.25) is 5.32 Å². The molecule has 2 unspecified atom stereocenters. The summed E-state index contributed by atoms with van der Waals surface area (Å²) in [7, 11) is 0. The molecule has 1 fully saturated rings. The molecule has 1 N–H and O–H groups in total. The van der Waals surface area contributed by atoms with Crippen LogP contribution in [-0.2, 0) is 0 Å². The summed E-state index contributed by atoms with van der Waals surface area (Å²) in [4.78, 5) is 1.36. The van der Waals surface area contributed by atoms with E-state index in [0.717, 1.165) is 19.3 Å². The summed E-state index contributed by atoms with van der Waals surface area (Å²) in [5.41, 5.74) is 1.01. The van der Waals surface area contributed by atoms with Gasteiger partial charge in [-0.2, -0.15) is 5.26 Å². The van der Waals surface area contributed by atoms with Crippen molar-refractivity contribution in [1.29, 1.82) is 5.26 Å². The zero-order chi connectivity index (χ0) is 14.6. The van der Waals surface area contributed by atoms with Crippen LogP contribution in [0.15, 0.2) is 29.2 Å². The first-order chi connectivity index (χ1) is 9.54. The monoisotopic (exact) mass is 288 g/mol. The lowest BCUT2D eigenvalue weighted by molar-refractivity contribution is 0.284. The van der Waals surface area contributed by atoms with Crippen molar-refractivity contribution < 1.29 is 0 Å². The summed E-state index contributed by atoms with van der Waals surface area (Å²) >= 11 is 1.94. The predicted octanol–water partition coefficient (Wildman–Crippen LogP) is 4.29. The number of nitrogens with zero attached hydrogens (tertiary/aromatic N) is 1. The minimum absolute atomic E-state index is 0.327. The van der Waals surface area contributed by atoms with Crippen molar-refractivity contribution in [3.05, 3.63) is 29.8 Å². The van der Waals surface area contributed by atoms with Crippen LogP contribution in [0.3, 0.4) is 0 Å². The Morgan fingerprint density at radius 1 is 1.40 bits per heavy atom. The van der Waals surface area contributed by atoms with E-state index in [1.807, 2.05) is 11.8 Å². The largest absolute Gasteiger partial charge is 0.297 e. The maximum Gasteiger partial charge on any atom is 0.108 e. The summed E-state index contributed by atoms with van der Waals surface area (Å²) in [5, 5.41) is 13.6. The molecule has 0 bridgehead atoms. The number of benzene rings is 1. The van der Waals surface area contributed by atoms with Crippen LogP contribution in [-0.4, -0.2) is 16.8 Å². The van der Waals surface area contributed by atoms with Gasteiger partial charge in [0, 0.05) is 16.2 Å². The van der Waals surface area contributed by atoms with Gasteiger partial charge in [-0.25, -0.2) is 0 Å². The average Bonchev–Trinajstić information content (AvgIpc) is 2.41. The second-order valence-electron chi connectivity index (χ2n) is 6.09. The van der Waals surface area contributed by atoms with E-state index in [1.54, 1.807) is 0 Å². The molecule has 0 heterocycles. The van der Waals surface area contributed by atoms with Gasteiger partial charge < -0.3 is 0 Å². The third kappa shape index (κ3) is 3.77. The Balaban J connectivity index is 2.07. The Kier molecular flexibility index (Phi) is 5.12. The smallest absolute Gasteiger partial charge is 0.108 e. The topological polar surface area (TPSA) is 35.8 Å². The van der Waals surface area contributed by atoms with Crippen LogP contribution in [0.2, 0.25) is 0 Å². The Morgan fingerprint density at radius 3 is 2.80 bits per heavy atom. The molecule has 1 aliphatic rings. The summed E-state index contributed by atoms with van der Waals surface area (Å²) < 4.78 is 0. The molecule has 0 radical (unpaired) electrons. The average molecular weight is 288 g/mol. The van der Waals surface area contributed by atoms with E-state index in [1.165, 1.54) is 16.9 Å². The molecule has 0 aromatic heterocycles. The van der Waals surface area contributed by atoms with Gasteiger partial charge in [0.1, 0.15) is 5.54 Å². The number of rotatable bonds is 4. The van der Waals surface area contributed by atoms with E-state index >= 15 is 0 Å². The lowest BCUT2D eigenvalue weighted by Gasteiger charge is -2.37. The zero-order valence-corrected chi connectivity index (χ0v) is 13.5. The van der Waals surface area contributed by atoms with Crippen LogP contribution in [0.1, 0.15) is 45.1 Å². The fourth-order valence-electron chi connectivity index (χ4n) is 3.01. The molecule has 108 valence electrons. The number of nitrogens with one attached hydrogen (secondary N) is 1.